The third kappa shape index (κ3) is 5.37. The van der Waals surface area contributed by atoms with Crippen molar-refractivity contribution in [3.05, 3.63) is 58.6 Å². The Morgan fingerprint density at radius 2 is 1.81 bits per heavy atom. The van der Waals surface area contributed by atoms with Crippen LogP contribution in [0.2, 0.25) is 0 Å². The molecule has 0 saturated carbocycles. The maximum atomic E-state index is 12.9. The zero-order chi connectivity index (χ0) is 22.9. The number of fused-ring (bicyclic) bond motifs is 1. The first kappa shape index (κ1) is 22.5. The second-order valence-corrected chi connectivity index (χ2v) is 10.4. The molecule has 0 spiro atoms. The van der Waals surface area contributed by atoms with Crippen LogP contribution in [0.5, 0.6) is 17.2 Å². The van der Waals surface area contributed by atoms with Gasteiger partial charge >= 0.3 is 7.60 Å². The summed E-state index contributed by atoms with van der Waals surface area (Å²) in [4.78, 5) is 37.1. The molecule has 0 saturated heterocycles. The molecule has 10 heteroatoms. The highest BCUT2D eigenvalue weighted by Gasteiger charge is 2.20. The molecule has 2 aromatic carbocycles. The van der Waals surface area contributed by atoms with Gasteiger partial charge in [0, 0.05) is 16.5 Å². The normalized spacial score (nSPS) is 13.2. The fourth-order valence-electron chi connectivity index (χ4n) is 3.36. The van der Waals surface area contributed by atoms with Gasteiger partial charge in [-0.05, 0) is 69.5 Å². The number of benzene rings is 2. The average molecular weight is 474 g/mol. The number of nitrogens with zero attached hydrogens (tertiary/aromatic N) is 1. The summed E-state index contributed by atoms with van der Waals surface area (Å²) in [5, 5.41) is 3.33. The predicted molar refractivity (Wildman–Crippen MR) is 122 cm³/mol. The van der Waals surface area contributed by atoms with E-state index < -0.39 is 7.60 Å². The number of hydrogen-bond acceptors (Lipinski definition) is 6. The molecule has 8 nitrogen and oxygen atoms in total. The first-order chi connectivity index (χ1) is 15.2. The molecule has 1 amide bonds. The van der Waals surface area contributed by atoms with Gasteiger partial charge in [0.15, 0.2) is 5.13 Å². The number of nitrogens with one attached hydrogen (secondary N) is 1. The molecule has 1 heterocycles. The first-order valence-corrected chi connectivity index (χ1v) is 12.6. The summed E-state index contributed by atoms with van der Waals surface area (Å²) < 4.78 is 23.0. The highest BCUT2D eigenvalue weighted by molar-refractivity contribution is 7.60. The monoisotopic (exact) mass is 474 g/mol. The van der Waals surface area contributed by atoms with Crippen LogP contribution in [0.1, 0.15) is 41.2 Å². The van der Waals surface area contributed by atoms with Crippen molar-refractivity contribution in [1.29, 1.82) is 0 Å². The molecular weight excluding hydrogens is 451 g/mol. The van der Waals surface area contributed by atoms with Crippen molar-refractivity contribution < 1.29 is 28.6 Å². The number of anilines is 1. The lowest BCUT2D eigenvalue weighted by Crippen LogP contribution is -2.13. The minimum Gasteiger partial charge on any atom is -0.491 e. The smallest absolute Gasteiger partial charge is 0.356 e. The molecule has 0 aliphatic heterocycles. The first-order valence-electron chi connectivity index (χ1n) is 10.1. The summed E-state index contributed by atoms with van der Waals surface area (Å²) in [6.45, 7) is 3.76. The van der Waals surface area contributed by atoms with Crippen LogP contribution in [0.15, 0.2) is 42.5 Å². The Labute approximate surface area is 189 Å². The van der Waals surface area contributed by atoms with E-state index >= 15 is 0 Å². The van der Waals surface area contributed by atoms with Crippen molar-refractivity contribution in [1.82, 2.24) is 4.98 Å². The molecule has 3 N–H and O–H groups in total. The molecular formula is C22H23N2O6PS. The topological polar surface area (TPSA) is 118 Å². The molecule has 0 atom stereocenters. The number of rotatable bonds is 7. The van der Waals surface area contributed by atoms with E-state index in [-0.39, 0.29) is 17.3 Å². The average Bonchev–Trinajstić information content (AvgIpc) is 3.28. The van der Waals surface area contributed by atoms with Crippen LogP contribution in [-0.2, 0) is 17.4 Å². The van der Waals surface area contributed by atoms with Crippen LogP contribution in [-0.4, -0.2) is 26.8 Å². The summed E-state index contributed by atoms with van der Waals surface area (Å²) in [6.07, 6.45) is 2.94. The van der Waals surface area contributed by atoms with Crippen LogP contribution >= 0.6 is 18.9 Å². The lowest BCUT2D eigenvalue weighted by atomic mass is 10.2. The number of thiazole rings is 1. The second-order valence-electron chi connectivity index (χ2n) is 7.70. The van der Waals surface area contributed by atoms with Gasteiger partial charge in [-0.1, -0.05) is 0 Å². The van der Waals surface area contributed by atoms with Crippen molar-refractivity contribution in [2.24, 2.45) is 0 Å². The van der Waals surface area contributed by atoms with E-state index in [1.54, 1.807) is 18.2 Å². The quantitative estimate of drug-likeness (QED) is 0.438. The third-order valence-electron chi connectivity index (χ3n) is 4.74. The predicted octanol–water partition coefficient (Wildman–Crippen LogP) is 4.27. The molecule has 4 rings (SSSR count). The van der Waals surface area contributed by atoms with Gasteiger partial charge in [0.05, 0.1) is 17.1 Å². The Morgan fingerprint density at radius 1 is 1.09 bits per heavy atom. The van der Waals surface area contributed by atoms with Crippen molar-refractivity contribution in [3.8, 4) is 17.2 Å². The Balaban J connectivity index is 1.57. The van der Waals surface area contributed by atoms with Crippen molar-refractivity contribution in [3.63, 3.8) is 0 Å². The van der Waals surface area contributed by atoms with Crippen LogP contribution in [0, 0.1) is 0 Å². The molecule has 3 aromatic rings. The minimum atomic E-state index is -4.33. The summed E-state index contributed by atoms with van der Waals surface area (Å²) in [6, 6.07) is 10.4. The largest absolute Gasteiger partial charge is 0.491 e. The lowest BCUT2D eigenvalue weighted by molar-refractivity contribution is 0.102. The van der Waals surface area contributed by atoms with Crippen LogP contribution in [0.3, 0.4) is 0 Å². The van der Waals surface area contributed by atoms with E-state index in [2.05, 4.69) is 10.3 Å². The van der Waals surface area contributed by atoms with Crippen molar-refractivity contribution in [2.75, 3.05) is 5.32 Å². The SMILES string of the molecule is CC(C)Oc1cc(Oc2ccc(P(=O)(O)O)cc2)cc(C(=O)Nc2nc3c(s2)CCC3)c1. The fourth-order valence-corrected chi connectivity index (χ4v) is 4.94. The third-order valence-corrected chi connectivity index (χ3v) is 6.78. The van der Waals surface area contributed by atoms with E-state index in [0.29, 0.717) is 27.9 Å². The van der Waals surface area contributed by atoms with Gasteiger partial charge in [-0.3, -0.25) is 14.7 Å². The second kappa shape index (κ2) is 9.03. The number of ether oxygens (including phenoxy) is 2. The van der Waals surface area contributed by atoms with Crippen molar-refractivity contribution in [2.45, 2.75) is 39.2 Å². The maximum absolute atomic E-state index is 12.9. The highest BCUT2D eigenvalue weighted by atomic mass is 32.1. The van der Waals surface area contributed by atoms with Gasteiger partial charge in [0.25, 0.3) is 5.91 Å². The summed E-state index contributed by atoms with van der Waals surface area (Å²) >= 11 is 1.50. The number of aryl methyl sites for hydroxylation is 2. The molecule has 1 aliphatic rings. The maximum Gasteiger partial charge on any atom is 0.356 e. The van der Waals surface area contributed by atoms with Gasteiger partial charge in [-0.25, -0.2) is 4.98 Å². The van der Waals surface area contributed by atoms with Crippen LogP contribution in [0.4, 0.5) is 5.13 Å². The van der Waals surface area contributed by atoms with Gasteiger partial charge in [-0.15, -0.1) is 11.3 Å². The van der Waals surface area contributed by atoms with Crippen LogP contribution in [0.25, 0.3) is 0 Å². The Hall–Kier alpha value is -2.71. The zero-order valence-electron chi connectivity index (χ0n) is 17.6. The standard InChI is InChI=1S/C22H23N2O6PS/c1-13(2)29-16-10-14(21(25)24-22-23-19-4-3-5-20(19)32-22)11-17(12-16)30-15-6-8-18(9-7-15)31(26,27)28/h6-13H,3-5H2,1-2H3,(H,23,24,25)(H2,26,27,28). The molecule has 0 bridgehead atoms. The summed E-state index contributed by atoms with van der Waals surface area (Å²) in [5.74, 6) is 0.870. The number of amides is 1. The van der Waals surface area contributed by atoms with E-state index in [0.717, 1.165) is 25.0 Å². The number of carbonyl (C=O) groups is 1. The van der Waals surface area contributed by atoms with Gasteiger partial charge < -0.3 is 19.3 Å². The molecule has 1 aliphatic carbocycles. The summed E-state index contributed by atoms with van der Waals surface area (Å²) in [5.41, 5.74) is 1.41. The molecule has 0 radical (unpaired) electrons. The van der Waals surface area contributed by atoms with E-state index in [1.807, 2.05) is 13.8 Å². The lowest BCUT2D eigenvalue weighted by Gasteiger charge is -2.14. The van der Waals surface area contributed by atoms with Crippen LogP contribution < -0.4 is 20.1 Å². The Bertz CT molecular complexity index is 1160. The Morgan fingerprint density at radius 3 is 2.47 bits per heavy atom. The number of carbonyl (C=O) groups excluding carboxylic acids is 1. The Kier molecular flexibility index (Phi) is 6.35. The van der Waals surface area contributed by atoms with E-state index in [4.69, 9.17) is 9.47 Å². The van der Waals surface area contributed by atoms with Gasteiger partial charge in [-0.2, -0.15) is 0 Å². The molecule has 32 heavy (non-hydrogen) atoms. The fraction of sp³-hybridized carbons (Fsp3) is 0.273. The van der Waals surface area contributed by atoms with E-state index in [1.165, 1.54) is 40.5 Å². The molecule has 168 valence electrons. The van der Waals surface area contributed by atoms with Gasteiger partial charge in [0.2, 0.25) is 0 Å². The number of aromatic nitrogens is 1. The molecule has 0 fully saturated rings. The minimum absolute atomic E-state index is 0.0999. The highest BCUT2D eigenvalue weighted by Crippen LogP contribution is 2.35. The van der Waals surface area contributed by atoms with Crippen molar-refractivity contribution >= 4 is 35.3 Å². The summed E-state index contributed by atoms with van der Waals surface area (Å²) in [7, 11) is -4.33. The number of hydrogen-bond donors (Lipinski definition) is 3. The molecule has 1 aromatic heterocycles. The zero-order valence-corrected chi connectivity index (χ0v) is 19.3. The molecule has 0 unspecified atom stereocenters. The van der Waals surface area contributed by atoms with E-state index in [9.17, 15) is 19.1 Å². The van der Waals surface area contributed by atoms with Gasteiger partial charge in [0.1, 0.15) is 17.2 Å².